The monoisotopic (exact) mass is 606 g/mol. The fourth-order valence-electron chi connectivity index (χ4n) is 4.30. The van der Waals surface area contributed by atoms with Crippen molar-refractivity contribution in [1.82, 2.24) is 15.3 Å². The van der Waals surface area contributed by atoms with Gasteiger partial charge in [-0.05, 0) is 37.3 Å². The molecule has 0 fully saturated rings. The molecule has 43 heavy (non-hydrogen) atoms. The molecule has 0 saturated heterocycles. The Bertz CT molecular complexity index is 1250. The zero-order chi connectivity index (χ0) is 31.8. The first-order valence-corrected chi connectivity index (χ1v) is 14.1. The summed E-state index contributed by atoms with van der Waals surface area (Å²) in [6.45, 7) is 4.54. The molecule has 1 atom stereocenters. The maximum atomic E-state index is 12.2. The maximum Gasteiger partial charge on any atom is 0.404 e. The van der Waals surface area contributed by atoms with Crippen LogP contribution < -0.4 is 32.1 Å². The molecule has 238 valence electrons. The molecule has 1 unspecified atom stereocenters. The van der Waals surface area contributed by atoms with E-state index in [4.69, 9.17) is 10.5 Å². The molecule has 0 aliphatic heterocycles. The number of carbonyl (C=O) groups excluding carboxylic acids is 2. The average Bonchev–Trinajstić information content (AvgIpc) is 2.94. The number of aromatic amines is 1. The van der Waals surface area contributed by atoms with Crippen LogP contribution in [0.1, 0.15) is 57.6 Å². The SMILES string of the molecule is CC(C)c1cc(=O)nc(NC(=O)NCCCCCC(CCNc2ccc(N(CCO)CCO)cc2[N+](=O)[O-])OC(N)=O)[nH]1. The minimum absolute atomic E-state index is 0.0645. The second-order valence-corrected chi connectivity index (χ2v) is 10.1. The Kier molecular flexibility index (Phi) is 14.7. The van der Waals surface area contributed by atoms with Gasteiger partial charge < -0.3 is 41.2 Å². The second-order valence-electron chi connectivity index (χ2n) is 10.1. The van der Waals surface area contributed by atoms with Crippen molar-refractivity contribution in [2.45, 2.75) is 58.0 Å². The van der Waals surface area contributed by atoms with Crippen LogP contribution in [0, 0.1) is 10.1 Å². The van der Waals surface area contributed by atoms with Gasteiger partial charge in [0.2, 0.25) is 5.95 Å². The number of primary amides is 1. The first-order chi connectivity index (χ1) is 20.5. The lowest BCUT2D eigenvalue weighted by atomic mass is 10.1. The lowest BCUT2D eigenvalue weighted by Gasteiger charge is -2.23. The number of hydrogen-bond donors (Lipinski definition) is 7. The van der Waals surface area contributed by atoms with Crippen molar-refractivity contribution in [3.63, 3.8) is 0 Å². The predicted molar refractivity (Wildman–Crippen MR) is 161 cm³/mol. The number of hydrogen-bond acceptors (Lipinski definition) is 11. The molecule has 16 nitrogen and oxygen atoms in total. The number of aliphatic hydroxyl groups excluding tert-OH is 2. The van der Waals surface area contributed by atoms with Crippen LogP contribution in [0.15, 0.2) is 29.1 Å². The minimum Gasteiger partial charge on any atom is -0.446 e. The number of nitro benzene ring substituents is 1. The van der Waals surface area contributed by atoms with E-state index in [9.17, 15) is 34.7 Å². The van der Waals surface area contributed by atoms with Gasteiger partial charge in [-0.3, -0.25) is 20.2 Å². The molecule has 0 aliphatic rings. The summed E-state index contributed by atoms with van der Waals surface area (Å²) >= 11 is 0. The number of aliphatic hydroxyl groups is 2. The van der Waals surface area contributed by atoms with Gasteiger partial charge in [-0.15, -0.1) is 0 Å². The van der Waals surface area contributed by atoms with E-state index in [1.54, 1.807) is 17.0 Å². The Balaban J connectivity index is 1.81. The summed E-state index contributed by atoms with van der Waals surface area (Å²) in [6, 6.07) is 5.47. The van der Waals surface area contributed by atoms with Crippen molar-refractivity contribution >= 4 is 35.1 Å². The van der Waals surface area contributed by atoms with Crippen molar-refractivity contribution in [3.05, 3.63) is 50.4 Å². The fourth-order valence-corrected chi connectivity index (χ4v) is 4.30. The molecule has 0 saturated carbocycles. The van der Waals surface area contributed by atoms with Gasteiger partial charge in [-0.2, -0.15) is 4.98 Å². The maximum absolute atomic E-state index is 12.2. The molecule has 0 bridgehead atoms. The topological polar surface area (TPSA) is 238 Å². The number of amides is 3. The number of ether oxygens (including phenoxy) is 1. The number of carbonyl (C=O) groups is 2. The van der Waals surface area contributed by atoms with Gasteiger partial charge in [0.15, 0.2) is 0 Å². The van der Waals surface area contributed by atoms with Crippen LogP contribution >= 0.6 is 0 Å². The smallest absolute Gasteiger partial charge is 0.404 e. The highest BCUT2D eigenvalue weighted by molar-refractivity contribution is 5.87. The van der Waals surface area contributed by atoms with Crippen LogP contribution in [0.3, 0.4) is 0 Å². The molecule has 2 aromatic rings. The van der Waals surface area contributed by atoms with E-state index in [1.807, 2.05) is 13.8 Å². The number of rotatable bonds is 19. The third-order valence-electron chi connectivity index (χ3n) is 6.45. The van der Waals surface area contributed by atoms with Gasteiger partial charge >= 0.3 is 12.1 Å². The summed E-state index contributed by atoms with van der Waals surface area (Å²) in [4.78, 5) is 54.7. The Morgan fingerprint density at radius 2 is 1.84 bits per heavy atom. The van der Waals surface area contributed by atoms with Crippen molar-refractivity contribution < 1.29 is 29.5 Å². The summed E-state index contributed by atoms with van der Waals surface area (Å²) in [5, 5.41) is 38.4. The van der Waals surface area contributed by atoms with Crippen LogP contribution in [0.5, 0.6) is 0 Å². The molecule has 0 radical (unpaired) electrons. The quantitative estimate of drug-likeness (QED) is 0.0695. The van der Waals surface area contributed by atoms with E-state index in [0.717, 1.165) is 6.42 Å². The summed E-state index contributed by atoms with van der Waals surface area (Å²) < 4.78 is 5.21. The summed E-state index contributed by atoms with van der Waals surface area (Å²) in [7, 11) is 0. The number of H-pyrrole nitrogens is 1. The number of urea groups is 1. The van der Waals surface area contributed by atoms with Crippen LogP contribution in [-0.4, -0.2) is 82.7 Å². The molecule has 1 heterocycles. The van der Waals surface area contributed by atoms with Crippen molar-refractivity contribution in [2.24, 2.45) is 5.73 Å². The molecule has 3 amide bonds. The van der Waals surface area contributed by atoms with Crippen LogP contribution in [0.2, 0.25) is 0 Å². The lowest BCUT2D eigenvalue weighted by molar-refractivity contribution is -0.383. The third kappa shape index (κ3) is 12.5. The molecule has 0 spiro atoms. The van der Waals surface area contributed by atoms with Gasteiger partial charge in [0.1, 0.15) is 11.8 Å². The predicted octanol–water partition coefficient (Wildman–Crippen LogP) is 2.24. The Hall–Kier alpha value is -4.44. The minimum atomic E-state index is -0.917. The molecule has 2 rings (SSSR count). The molecule has 8 N–H and O–H groups in total. The zero-order valence-electron chi connectivity index (χ0n) is 24.5. The number of nitrogens with one attached hydrogen (secondary N) is 4. The van der Waals surface area contributed by atoms with Crippen molar-refractivity contribution in [1.29, 1.82) is 0 Å². The fraction of sp³-hybridized carbons (Fsp3) is 0.556. The first-order valence-electron chi connectivity index (χ1n) is 14.1. The number of nitrogens with zero attached hydrogens (tertiary/aromatic N) is 3. The van der Waals surface area contributed by atoms with Gasteiger partial charge in [-0.1, -0.05) is 20.3 Å². The van der Waals surface area contributed by atoms with Gasteiger partial charge in [-0.25, -0.2) is 9.59 Å². The lowest BCUT2D eigenvalue weighted by Crippen LogP contribution is -2.31. The number of nitro groups is 1. The normalized spacial score (nSPS) is 11.6. The second kappa shape index (κ2) is 18.2. The number of benzene rings is 1. The molecule has 16 heteroatoms. The summed E-state index contributed by atoms with van der Waals surface area (Å²) in [5.74, 6) is 0.134. The van der Waals surface area contributed by atoms with E-state index in [-0.39, 0.29) is 56.1 Å². The number of anilines is 3. The number of unbranched alkanes of at least 4 members (excludes halogenated alkanes) is 2. The van der Waals surface area contributed by atoms with E-state index in [1.165, 1.54) is 12.1 Å². The van der Waals surface area contributed by atoms with E-state index in [0.29, 0.717) is 43.6 Å². The average molecular weight is 607 g/mol. The highest BCUT2D eigenvalue weighted by Crippen LogP contribution is 2.30. The molecular weight excluding hydrogens is 564 g/mol. The first kappa shape index (κ1) is 34.8. The Morgan fingerprint density at radius 3 is 2.47 bits per heavy atom. The molecule has 0 aliphatic carbocycles. The van der Waals surface area contributed by atoms with Crippen LogP contribution in [-0.2, 0) is 4.74 Å². The summed E-state index contributed by atoms with van der Waals surface area (Å²) in [5.41, 5.74) is 6.04. The van der Waals surface area contributed by atoms with Crippen LogP contribution in [0.25, 0.3) is 0 Å². The van der Waals surface area contributed by atoms with Gasteiger partial charge in [0.25, 0.3) is 11.2 Å². The number of nitrogens with two attached hydrogens (primary N) is 1. The van der Waals surface area contributed by atoms with Crippen LogP contribution in [0.4, 0.5) is 32.6 Å². The van der Waals surface area contributed by atoms with Crippen molar-refractivity contribution in [2.75, 3.05) is 54.9 Å². The zero-order valence-corrected chi connectivity index (χ0v) is 24.5. The van der Waals surface area contributed by atoms with E-state index < -0.39 is 28.7 Å². The largest absolute Gasteiger partial charge is 0.446 e. The molecular formula is C27H42N8O8. The third-order valence-corrected chi connectivity index (χ3v) is 6.45. The molecule has 1 aromatic heterocycles. The van der Waals surface area contributed by atoms with E-state index >= 15 is 0 Å². The Labute approximate surface area is 249 Å². The van der Waals surface area contributed by atoms with E-state index in [2.05, 4.69) is 25.9 Å². The Morgan fingerprint density at radius 1 is 1.12 bits per heavy atom. The van der Waals surface area contributed by atoms with Gasteiger partial charge in [0, 0.05) is 56.1 Å². The summed E-state index contributed by atoms with van der Waals surface area (Å²) in [6.07, 6.45) is 1.46. The standard InChI is InChI=1S/C27H42N8O8/c1-18(2)22-17-24(38)32-26(31-22)33-27(40)30-10-5-3-4-6-20(43-25(28)39)9-11-29-21-8-7-19(16-23(21)35(41)42)34(12-14-36)13-15-37/h7-8,16-18,20,29,36-37H,3-6,9-15H2,1-2H3,(H2,28,39)(H3,30,31,32,33,38,40). The van der Waals surface area contributed by atoms with Gasteiger partial charge in [0.05, 0.1) is 18.1 Å². The highest BCUT2D eigenvalue weighted by atomic mass is 16.6. The number of aromatic nitrogens is 2. The van der Waals surface area contributed by atoms with Crippen molar-refractivity contribution in [3.8, 4) is 0 Å². The highest BCUT2D eigenvalue weighted by Gasteiger charge is 2.19. The molecule has 1 aromatic carbocycles.